The van der Waals surface area contributed by atoms with Gasteiger partial charge in [-0.05, 0) is 24.3 Å². The number of benzene rings is 4. The number of fused-ring (bicyclic) bond motifs is 2. The average molecular weight is 574 g/mol. The number of aromatic nitrogens is 2. The van der Waals surface area contributed by atoms with Gasteiger partial charge in [0.1, 0.15) is 10.0 Å². The minimum absolute atomic E-state index is 0. The zero-order valence-corrected chi connectivity index (χ0v) is 23.9. The first kappa shape index (κ1) is 26.3. The molecule has 9 heteroatoms. The van der Waals surface area contributed by atoms with Gasteiger partial charge in [-0.15, -0.1) is 22.7 Å². The molecule has 0 N–H and O–H groups in total. The summed E-state index contributed by atoms with van der Waals surface area (Å²) < 4.78 is 2.08. The number of carbonyl (C=O) groups is 2. The molecular formula is C28H16N2O4S2Zn. The fourth-order valence-corrected chi connectivity index (χ4v) is 5.68. The van der Waals surface area contributed by atoms with Crippen molar-refractivity contribution in [3.05, 3.63) is 108 Å². The van der Waals surface area contributed by atoms with Gasteiger partial charge in [-0.2, -0.15) is 0 Å². The van der Waals surface area contributed by atoms with E-state index in [4.69, 9.17) is 0 Å². The Bertz CT molecular complexity index is 1530. The van der Waals surface area contributed by atoms with Crippen LogP contribution < -0.4 is 10.2 Å². The Hall–Kier alpha value is -3.78. The van der Waals surface area contributed by atoms with E-state index in [1.165, 1.54) is 34.8 Å². The van der Waals surface area contributed by atoms with Crippen molar-refractivity contribution in [3.8, 4) is 21.1 Å². The van der Waals surface area contributed by atoms with Crippen molar-refractivity contribution in [1.29, 1.82) is 0 Å². The minimum atomic E-state index is -1.18. The van der Waals surface area contributed by atoms with Crippen molar-refractivity contribution in [3.63, 3.8) is 0 Å². The summed E-state index contributed by atoms with van der Waals surface area (Å²) in [6, 6.07) is 29.0. The minimum Gasteiger partial charge on any atom is -0.545 e. The summed E-state index contributed by atoms with van der Waals surface area (Å²) in [5.41, 5.74) is 3.34. The van der Waals surface area contributed by atoms with E-state index in [-0.39, 0.29) is 30.6 Å². The topological polar surface area (TPSA) is 106 Å². The molecule has 0 aliphatic heterocycles. The van der Waals surface area contributed by atoms with Crippen LogP contribution >= 0.6 is 22.7 Å². The summed E-state index contributed by atoms with van der Waals surface area (Å²) in [7, 11) is 0. The molecule has 2 heterocycles. The second kappa shape index (κ2) is 11.5. The van der Waals surface area contributed by atoms with Crippen molar-refractivity contribution in [2.24, 2.45) is 0 Å². The molecule has 176 valence electrons. The summed E-state index contributed by atoms with van der Waals surface area (Å²) in [6.07, 6.45) is 0. The van der Waals surface area contributed by atoms with Gasteiger partial charge in [0.2, 0.25) is 0 Å². The van der Waals surface area contributed by atoms with Gasteiger partial charge in [0, 0.05) is 22.3 Å². The van der Waals surface area contributed by atoms with Gasteiger partial charge < -0.3 is 19.8 Å². The number of hydrogen-bond donors (Lipinski definition) is 0. The molecule has 6 rings (SSSR count). The van der Waals surface area contributed by atoms with Crippen molar-refractivity contribution in [2.45, 2.75) is 0 Å². The summed E-state index contributed by atoms with van der Waals surface area (Å²) in [6.45, 7) is 0. The summed E-state index contributed by atoms with van der Waals surface area (Å²) in [5.74, 6) is -2.35. The first-order valence-electron chi connectivity index (χ1n) is 10.8. The molecule has 0 fully saturated rings. The third-order valence-corrected chi connectivity index (χ3v) is 7.48. The van der Waals surface area contributed by atoms with Crippen LogP contribution in [0.2, 0.25) is 0 Å². The Morgan fingerprint density at radius 3 is 1.27 bits per heavy atom. The van der Waals surface area contributed by atoms with Gasteiger partial charge in [0.25, 0.3) is 0 Å². The van der Waals surface area contributed by atoms with E-state index in [2.05, 4.69) is 9.97 Å². The van der Waals surface area contributed by atoms with Crippen LogP contribution in [-0.4, -0.2) is 21.9 Å². The number of para-hydroxylation sites is 2. The van der Waals surface area contributed by atoms with Crippen LogP contribution in [0.25, 0.3) is 41.6 Å². The SMILES string of the molecule is O=C([O-])c1ccccc1-c1nc2ccccc2s1.O=C([O-])c1ccccc1-c1nc2ccccc2s1.[Zn+2]. The van der Waals surface area contributed by atoms with Crippen molar-refractivity contribution < 1.29 is 39.3 Å². The summed E-state index contributed by atoms with van der Waals surface area (Å²) in [4.78, 5) is 31.1. The van der Waals surface area contributed by atoms with Crippen LogP contribution in [0.3, 0.4) is 0 Å². The molecule has 0 saturated heterocycles. The Morgan fingerprint density at radius 2 is 0.892 bits per heavy atom. The Kier molecular flexibility index (Phi) is 8.18. The van der Waals surface area contributed by atoms with E-state index < -0.39 is 11.9 Å². The number of carbonyl (C=O) groups excluding carboxylic acids is 2. The van der Waals surface area contributed by atoms with Crippen LogP contribution in [0.15, 0.2) is 97.1 Å². The molecule has 0 aliphatic carbocycles. The quantitative estimate of drug-likeness (QED) is 0.284. The largest absolute Gasteiger partial charge is 2.00 e. The number of carboxylic acid groups (broad SMARTS) is 2. The third-order valence-electron chi connectivity index (χ3n) is 5.34. The number of carboxylic acids is 2. The average Bonchev–Trinajstić information content (AvgIpc) is 3.53. The van der Waals surface area contributed by atoms with E-state index >= 15 is 0 Å². The molecule has 2 aromatic heterocycles. The summed E-state index contributed by atoms with van der Waals surface area (Å²) >= 11 is 2.96. The monoisotopic (exact) mass is 572 g/mol. The van der Waals surface area contributed by atoms with E-state index in [9.17, 15) is 19.8 Å². The van der Waals surface area contributed by atoms with Crippen molar-refractivity contribution in [2.75, 3.05) is 0 Å². The molecule has 6 nitrogen and oxygen atoms in total. The van der Waals surface area contributed by atoms with Crippen LogP contribution in [-0.2, 0) is 19.5 Å². The molecule has 0 saturated carbocycles. The first-order valence-corrected chi connectivity index (χ1v) is 12.5. The zero-order chi connectivity index (χ0) is 25.1. The van der Waals surface area contributed by atoms with Gasteiger partial charge in [-0.1, -0.05) is 72.8 Å². The molecule has 6 aromatic rings. The van der Waals surface area contributed by atoms with E-state index in [0.717, 1.165) is 20.4 Å². The van der Waals surface area contributed by atoms with Gasteiger partial charge in [-0.3, -0.25) is 0 Å². The molecule has 0 atom stereocenters. The molecule has 0 aliphatic rings. The van der Waals surface area contributed by atoms with Crippen molar-refractivity contribution >= 4 is 55.0 Å². The Balaban J connectivity index is 0.000000168. The third kappa shape index (κ3) is 5.64. The Morgan fingerprint density at radius 1 is 0.541 bits per heavy atom. The smallest absolute Gasteiger partial charge is 0.545 e. The van der Waals surface area contributed by atoms with Crippen LogP contribution in [0.1, 0.15) is 20.7 Å². The zero-order valence-electron chi connectivity index (χ0n) is 19.3. The molecule has 0 radical (unpaired) electrons. The molecule has 4 aromatic carbocycles. The van der Waals surface area contributed by atoms with Gasteiger partial charge >= 0.3 is 19.5 Å². The number of hydrogen-bond acceptors (Lipinski definition) is 8. The molecular weight excluding hydrogens is 558 g/mol. The number of nitrogens with zero attached hydrogens (tertiary/aromatic N) is 2. The van der Waals surface area contributed by atoms with Crippen LogP contribution in [0.5, 0.6) is 0 Å². The van der Waals surface area contributed by atoms with Crippen LogP contribution in [0, 0.1) is 0 Å². The second-order valence-corrected chi connectivity index (χ2v) is 9.70. The fourth-order valence-electron chi connectivity index (χ4n) is 3.67. The maximum Gasteiger partial charge on any atom is 2.00 e. The second-order valence-electron chi connectivity index (χ2n) is 7.64. The van der Waals surface area contributed by atoms with Crippen LogP contribution in [0.4, 0.5) is 0 Å². The molecule has 0 amide bonds. The standard InChI is InChI=1S/2C14H9NO2S.Zn/c2*16-14(17)10-6-2-1-5-9(10)13-15-11-7-3-4-8-12(11)18-13;/h2*1-8H,(H,16,17);/q;;+2/p-2. The maximum absolute atomic E-state index is 11.1. The predicted octanol–water partition coefficient (Wildman–Crippen LogP) is 4.65. The summed E-state index contributed by atoms with van der Waals surface area (Å²) in [5, 5.41) is 23.6. The van der Waals surface area contributed by atoms with Gasteiger partial charge in [-0.25, -0.2) is 9.97 Å². The number of rotatable bonds is 4. The van der Waals surface area contributed by atoms with E-state index in [0.29, 0.717) is 21.1 Å². The Labute approximate surface area is 232 Å². The molecule has 37 heavy (non-hydrogen) atoms. The van der Waals surface area contributed by atoms with E-state index in [1.807, 2.05) is 48.5 Å². The van der Waals surface area contributed by atoms with Gasteiger partial charge in [0.15, 0.2) is 0 Å². The van der Waals surface area contributed by atoms with E-state index in [1.54, 1.807) is 36.4 Å². The number of aromatic carboxylic acids is 2. The predicted molar refractivity (Wildman–Crippen MR) is 139 cm³/mol. The van der Waals surface area contributed by atoms with Crippen molar-refractivity contribution in [1.82, 2.24) is 9.97 Å². The molecule has 0 unspecified atom stereocenters. The van der Waals surface area contributed by atoms with Gasteiger partial charge in [0.05, 0.1) is 32.4 Å². The maximum atomic E-state index is 11.1. The molecule has 0 bridgehead atoms. The fraction of sp³-hybridized carbons (Fsp3) is 0. The number of thiazole rings is 2. The normalized spacial score (nSPS) is 10.4. The first-order chi connectivity index (χ1) is 17.5. The molecule has 0 spiro atoms.